The number of rotatable bonds is 8. The van der Waals surface area contributed by atoms with Crippen LogP contribution < -0.4 is 10.6 Å². The van der Waals surface area contributed by atoms with E-state index < -0.39 is 12.0 Å². The lowest BCUT2D eigenvalue weighted by atomic mass is 10.0. The van der Waals surface area contributed by atoms with E-state index in [1.54, 1.807) is 23.9 Å². The monoisotopic (exact) mass is 372 g/mol. The molecule has 26 heavy (non-hydrogen) atoms. The highest BCUT2D eigenvalue weighted by molar-refractivity contribution is 7.98. The Morgan fingerprint density at radius 2 is 1.65 bits per heavy atom. The Bertz CT molecular complexity index is 743. The van der Waals surface area contributed by atoms with Gasteiger partial charge in [-0.2, -0.15) is 0 Å². The van der Waals surface area contributed by atoms with Crippen LogP contribution in [0.25, 0.3) is 0 Å². The van der Waals surface area contributed by atoms with Crippen molar-refractivity contribution in [2.75, 3.05) is 11.6 Å². The molecular formula is C20H24N2O3S. The number of carbonyl (C=O) groups is 2. The van der Waals surface area contributed by atoms with Crippen molar-refractivity contribution < 1.29 is 14.7 Å². The molecule has 0 aliphatic rings. The summed E-state index contributed by atoms with van der Waals surface area (Å²) in [6.07, 6.45) is 1.99. The van der Waals surface area contributed by atoms with Crippen molar-refractivity contribution in [2.45, 2.75) is 31.3 Å². The molecule has 2 aromatic carbocycles. The fourth-order valence-corrected chi connectivity index (χ4v) is 2.90. The zero-order chi connectivity index (χ0) is 19.1. The molecule has 1 amide bonds. The van der Waals surface area contributed by atoms with E-state index in [0.717, 1.165) is 10.5 Å². The number of hydrogen-bond donors (Lipinski definition) is 3. The van der Waals surface area contributed by atoms with Crippen LogP contribution in [0.2, 0.25) is 0 Å². The van der Waals surface area contributed by atoms with E-state index in [1.165, 1.54) is 0 Å². The van der Waals surface area contributed by atoms with Crippen LogP contribution in [0, 0.1) is 5.92 Å². The van der Waals surface area contributed by atoms with Crippen LogP contribution in [-0.4, -0.2) is 29.3 Å². The number of carboxylic acid groups (broad SMARTS) is 1. The molecule has 138 valence electrons. The number of thioether (sulfide) groups is 1. The molecule has 0 radical (unpaired) electrons. The third-order valence-electron chi connectivity index (χ3n) is 4.02. The Kier molecular flexibility index (Phi) is 7.24. The summed E-state index contributed by atoms with van der Waals surface area (Å²) in [5.74, 6) is -1.01. The lowest BCUT2D eigenvalue weighted by Gasteiger charge is -2.18. The molecule has 0 heterocycles. The number of carbonyl (C=O) groups excluding carboxylic acids is 1. The number of hydrogen-bond acceptors (Lipinski definition) is 4. The standard InChI is InChI=1S/C20H24N2O3S/c1-13(2)18(20(24)25)21-12-14-4-8-16(9-5-14)22-19(23)15-6-10-17(26-3)11-7-15/h4-11,13,18,21H,12H2,1-3H3,(H,22,23)(H,24,25)/t18-/m1/s1. The van der Waals surface area contributed by atoms with Crippen LogP contribution in [0.4, 0.5) is 5.69 Å². The topological polar surface area (TPSA) is 78.4 Å². The van der Waals surface area contributed by atoms with Crippen LogP contribution in [0.15, 0.2) is 53.4 Å². The largest absolute Gasteiger partial charge is 0.480 e. The van der Waals surface area contributed by atoms with Gasteiger partial charge in [0.25, 0.3) is 5.91 Å². The molecule has 2 aromatic rings. The lowest BCUT2D eigenvalue weighted by Crippen LogP contribution is -2.40. The number of anilines is 1. The van der Waals surface area contributed by atoms with Crippen molar-refractivity contribution in [2.24, 2.45) is 5.92 Å². The van der Waals surface area contributed by atoms with Gasteiger partial charge in [0.1, 0.15) is 6.04 Å². The van der Waals surface area contributed by atoms with Crippen molar-refractivity contribution in [1.82, 2.24) is 5.32 Å². The minimum Gasteiger partial charge on any atom is -0.480 e. The van der Waals surface area contributed by atoms with Gasteiger partial charge in [-0.1, -0.05) is 26.0 Å². The summed E-state index contributed by atoms with van der Waals surface area (Å²) >= 11 is 1.63. The smallest absolute Gasteiger partial charge is 0.320 e. The Morgan fingerprint density at radius 1 is 1.04 bits per heavy atom. The fourth-order valence-electron chi connectivity index (χ4n) is 2.49. The van der Waals surface area contributed by atoms with Crippen molar-refractivity contribution in [1.29, 1.82) is 0 Å². The van der Waals surface area contributed by atoms with Crippen LogP contribution >= 0.6 is 11.8 Å². The minimum atomic E-state index is -0.851. The van der Waals surface area contributed by atoms with Crippen molar-refractivity contribution in [3.8, 4) is 0 Å². The van der Waals surface area contributed by atoms with Gasteiger partial charge >= 0.3 is 5.97 Å². The number of amides is 1. The van der Waals surface area contributed by atoms with E-state index in [0.29, 0.717) is 17.8 Å². The Morgan fingerprint density at radius 3 is 2.15 bits per heavy atom. The summed E-state index contributed by atoms with van der Waals surface area (Å²) < 4.78 is 0. The number of aliphatic carboxylic acids is 1. The molecule has 0 saturated carbocycles. The highest BCUT2D eigenvalue weighted by Gasteiger charge is 2.20. The molecule has 0 fully saturated rings. The molecule has 6 heteroatoms. The van der Waals surface area contributed by atoms with Gasteiger partial charge in [-0.25, -0.2) is 0 Å². The van der Waals surface area contributed by atoms with Gasteiger partial charge in [-0.15, -0.1) is 11.8 Å². The quantitative estimate of drug-likeness (QED) is 0.613. The number of nitrogens with one attached hydrogen (secondary N) is 2. The van der Waals surface area contributed by atoms with Gasteiger partial charge in [-0.05, 0) is 54.1 Å². The summed E-state index contributed by atoms with van der Waals surface area (Å²) in [4.78, 5) is 24.6. The van der Waals surface area contributed by atoms with Gasteiger partial charge in [0.15, 0.2) is 0 Å². The first-order chi connectivity index (χ1) is 12.4. The number of benzene rings is 2. The summed E-state index contributed by atoms with van der Waals surface area (Å²) in [5.41, 5.74) is 2.26. The maximum atomic E-state index is 12.3. The van der Waals surface area contributed by atoms with E-state index in [-0.39, 0.29) is 11.8 Å². The van der Waals surface area contributed by atoms with Crippen molar-refractivity contribution in [3.05, 3.63) is 59.7 Å². The first-order valence-corrected chi connectivity index (χ1v) is 9.63. The van der Waals surface area contributed by atoms with Crippen LogP contribution in [0.1, 0.15) is 29.8 Å². The molecule has 0 spiro atoms. The normalized spacial score (nSPS) is 12.0. The van der Waals surface area contributed by atoms with E-state index >= 15 is 0 Å². The zero-order valence-electron chi connectivity index (χ0n) is 15.2. The Labute approximate surface area is 158 Å². The highest BCUT2D eigenvalue weighted by atomic mass is 32.2. The predicted octanol–water partition coefficient (Wildman–Crippen LogP) is 3.86. The highest BCUT2D eigenvalue weighted by Crippen LogP contribution is 2.16. The second-order valence-electron chi connectivity index (χ2n) is 6.32. The van der Waals surface area contributed by atoms with Gasteiger partial charge in [0.05, 0.1) is 0 Å². The van der Waals surface area contributed by atoms with Crippen molar-refractivity contribution >= 4 is 29.3 Å². The third-order valence-corrected chi connectivity index (χ3v) is 4.77. The second-order valence-corrected chi connectivity index (χ2v) is 7.20. The van der Waals surface area contributed by atoms with Gasteiger partial charge in [0, 0.05) is 22.7 Å². The van der Waals surface area contributed by atoms with E-state index in [1.807, 2.05) is 56.5 Å². The Balaban J connectivity index is 1.94. The van der Waals surface area contributed by atoms with E-state index in [9.17, 15) is 14.7 Å². The first kappa shape index (κ1) is 20.0. The van der Waals surface area contributed by atoms with Crippen LogP contribution in [-0.2, 0) is 11.3 Å². The van der Waals surface area contributed by atoms with E-state index in [2.05, 4.69) is 10.6 Å². The zero-order valence-corrected chi connectivity index (χ0v) is 16.0. The molecule has 0 aliphatic heterocycles. The van der Waals surface area contributed by atoms with E-state index in [4.69, 9.17) is 0 Å². The molecule has 1 atom stereocenters. The maximum Gasteiger partial charge on any atom is 0.320 e. The second kappa shape index (κ2) is 9.40. The van der Waals surface area contributed by atoms with Gasteiger partial charge in [-0.3, -0.25) is 9.59 Å². The summed E-state index contributed by atoms with van der Waals surface area (Å²) in [5, 5.41) is 15.1. The summed E-state index contributed by atoms with van der Waals surface area (Å²) in [6, 6.07) is 14.2. The van der Waals surface area contributed by atoms with Crippen LogP contribution in [0.5, 0.6) is 0 Å². The first-order valence-electron chi connectivity index (χ1n) is 8.41. The number of carboxylic acids is 1. The average Bonchev–Trinajstić information content (AvgIpc) is 2.62. The predicted molar refractivity (Wildman–Crippen MR) is 106 cm³/mol. The Hall–Kier alpha value is -2.31. The fraction of sp³-hybridized carbons (Fsp3) is 0.300. The minimum absolute atomic E-state index is 0.00329. The molecule has 3 N–H and O–H groups in total. The lowest BCUT2D eigenvalue weighted by molar-refractivity contribution is -0.140. The molecule has 0 unspecified atom stereocenters. The summed E-state index contributed by atoms with van der Waals surface area (Å²) in [7, 11) is 0. The SMILES string of the molecule is CSc1ccc(C(=O)Nc2ccc(CN[C@@H](C(=O)O)C(C)C)cc2)cc1. The molecule has 0 aliphatic carbocycles. The molecule has 2 rings (SSSR count). The van der Waals surface area contributed by atoms with Gasteiger partial charge in [0.2, 0.25) is 0 Å². The van der Waals surface area contributed by atoms with Gasteiger partial charge < -0.3 is 15.7 Å². The van der Waals surface area contributed by atoms with Crippen LogP contribution in [0.3, 0.4) is 0 Å². The molecule has 0 saturated heterocycles. The average molecular weight is 372 g/mol. The molecule has 5 nitrogen and oxygen atoms in total. The van der Waals surface area contributed by atoms with Crippen molar-refractivity contribution in [3.63, 3.8) is 0 Å². The molecular weight excluding hydrogens is 348 g/mol. The summed E-state index contributed by atoms with van der Waals surface area (Å²) in [6.45, 7) is 4.20. The molecule has 0 aromatic heterocycles. The maximum absolute atomic E-state index is 12.3. The third kappa shape index (κ3) is 5.61. The molecule has 0 bridgehead atoms.